The molecule has 0 amide bonds. The smallest absolute Gasteiger partial charge is 0.227 e. The molecule has 0 atom stereocenters. The number of benzene rings is 1. The first-order chi connectivity index (χ1) is 16.6. The second-order valence-corrected chi connectivity index (χ2v) is 10.6. The van der Waals surface area contributed by atoms with Crippen molar-refractivity contribution >= 4 is 40.3 Å². The van der Waals surface area contributed by atoms with Crippen LogP contribution in [0.3, 0.4) is 0 Å². The van der Waals surface area contributed by atoms with Crippen molar-refractivity contribution in [2.75, 3.05) is 50.6 Å². The molecule has 0 bridgehead atoms. The quantitative estimate of drug-likeness (QED) is 0.460. The zero-order valence-corrected chi connectivity index (χ0v) is 21.3. The van der Waals surface area contributed by atoms with Gasteiger partial charge in [0.25, 0.3) is 0 Å². The molecule has 1 aromatic carbocycles. The van der Waals surface area contributed by atoms with Crippen LogP contribution in [0.2, 0.25) is 5.02 Å². The molecule has 34 heavy (non-hydrogen) atoms. The molecule has 7 nitrogen and oxygen atoms in total. The summed E-state index contributed by atoms with van der Waals surface area (Å²) in [5.41, 5.74) is 2.70. The van der Waals surface area contributed by atoms with Crippen molar-refractivity contribution in [3.8, 4) is 16.3 Å². The highest BCUT2D eigenvalue weighted by molar-refractivity contribution is 7.15. The summed E-state index contributed by atoms with van der Waals surface area (Å²) in [7, 11) is 3.87. The van der Waals surface area contributed by atoms with Gasteiger partial charge in [-0.1, -0.05) is 30.9 Å². The lowest BCUT2D eigenvalue weighted by Gasteiger charge is -2.34. The molecule has 1 saturated heterocycles. The van der Waals surface area contributed by atoms with Gasteiger partial charge in [0.15, 0.2) is 0 Å². The molecule has 2 aliphatic rings. The van der Waals surface area contributed by atoms with Crippen LogP contribution in [0.5, 0.6) is 5.75 Å². The van der Waals surface area contributed by atoms with Gasteiger partial charge in [-0.05, 0) is 32.0 Å². The average Bonchev–Trinajstić information content (AvgIpc) is 3.36. The van der Waals surface area contributed by atoms with Gasteiger partial charge in [0.05, 0.1) is 33.9 Å². The summed E-state index contributed by atoms with van der Waals surface area (Å²) >= 11 is 8.19. The number of methoxy groups -OCH3 is 1. The maximum atomic E-state index is 6.49. The van der Waals surface area contributed by atoms with Gasteiger partial charge in [0, 0.05) is 50.0 Å². The number of hydrogen-bond donors (Lipinski definition) is 1. The van der Waals surface area contributed by atoms with Crippen molar-refractivity contribution < 1.29 is 4.74 Å². The fraction of sp³-hybridized carbons (Fsp3) is 0.480. The minimum atomic E-state index is 0.501. The molecule has 3 aromatic rings. The van der Waals surface area contributed by atoms with Gasteiger partial charge in [0.2, 0.25) is 5.95 Å². The third-order valence-electron chi connectivity index (χ3n) is 6.74. The maximum Gasteiger partial charge on any atom is 0.227 e. The number of nitrogens with zero attached hydrogens (tertiary/aromatic N) is 5. The minimum absolute atomic E-state index is 0.501. The SMILES string of the molecule is COc1cc(Nc2ncc(Cl)c(-c3cnc(C4CCCCC4)s3)n2)ccc1N1CCN(C)CC1. The highest BCUT2D eigenvalue weighted by atomic mass is 35.5. The third-order valence-corrected chi connectivity index (χ3v) is 8.18. The summed E-state index contributed by atoms with van der Waals surface area (Å²) in [4.78, 5) is 19.5. The minimum Gasteiger partial charge on any atom is -0.495 e. The van der Waals surface area contributed by atoms with E-state index in [0.717, 1.165) is 53.9 Å². The number of aromatic nitrogens is 3. The number of thiazole rings is 1. The molecule has 2 aromatic heterocycles. The molecular weight excluding hydrogens is 468 g/mol. The van der Waals surface area contributed by atoms with E-state index < -0.39 is 0 Å². The van der Waals surface area contributed by atoms with Crippen LogP contribution in [0.25, 0.3) is 10.6 Å². The van der Waals surface area contributed by atoms with Gasteiger partial charge >= 0.3 is 0 Å². The zero-order valence-electron chi connectivity index (χ0n) is 19.8. The number of rotatable bonds is 6. The third kappa shape index (κ3) is 5.14. The second-order valence-electron chi connectivity index (χ2n) is 9.09. The van der Waals surface area contributed by atoms with Crippen LogP contribution in [-0.4, -0.2) is 60.2 Å². The van der Waals surface area contributed by atoms with Crippen molar-refractivity contribution in [3.05, 3.63) is 40.6 Å². The molecule has 0 spiro atoms. The van der Waals surface area contributed by atoms with Gasteiger partial charge < -0.3 is 19.9 Å². The van der Waals surface area contributed by atoms with E-state index in [1.807, 2.05) is 18.3 Å². The number of likely N-dealkylation sites (N-methyl/N-ethyl adjacent to an activating group) is 1. The Balaban J connectivity index is 1.34. The van der Waals surface area contributed by atoms with Crippen LogP contribution >= 0.6 is 22.9 Å². The van der Waals surface area contributed by atoms with Crippen LogP contribution in [0.1, 0.15) is 43.0 Å². The molecule has 180 valence electrons. The van der Waals surface area contributed by atoms with Gasteiger partial charge in [-0.2, -0.15) is 0 Å². The second kappa shape index (κ2) is 10.5. The normalized spacial score (nSPS) is 17.7. The van der Waals surface area contributed by atoms with Crippen molar-refractivity contribution in [2.24, 2.45) is 0 Å². The fourth-order valence-electron chi connectivity index (χ4n) is 4.73. The first-order valence-corrected chi connectivity index (χ1v) is 13.2. The lowest BCUT2D eigenvalue weighted by molar-refractivity contribution is 0.311. The predicted octanol–water partition coefficient (Wildman–Crippen LogP) is 5.81. The number of ether oxygens (including phenoxy) is 1. The van der Waals surface area contributed by atoms with Crippen LogP contribution < -0.4 is 15.0 Å². The van der Waals surface area contributed by atoms with E-state index in [0.29, 0.717) is 16.9 Å². The lowest BCUT2D eigenvalue weighted by Crippen LogP contribution is -2.44. The maximum absolute atomic E-state index is 6.49. The molecular formula is C25H31ClN6OS. The topological polar surface area (TPSA) is 66.4 Å². The number of anilines is 3. The van der Waals surface area contributed by atoms with Crippen molar-refractivity contribution in [2.45, 2.75) is 38.0 Å². The summed E-state index contributed by atoms with van der Waals surface area (Å²) < 4.78 is 5.71. The van der Waals surface area contributed by atoms with E-state index in [1.54, 1.807) is 24.6 Å². The molecule has 0 unspecified atom stereocenters. The largest absolute Gasteiger partial charge is 0.495 e. The first kappa shape index (κ1) is 23.3. The molecule has 5 rings (SSSR count). The van der Waals surface area contributed by atoms with Gasteiger partial charge in [-0.3, -0.25) is 0 Å². The number of hydrogen-bond acceptors (Lipinski definition) is 8. The molecule has 0 radical (unpaired) electrons. The Morgan fingerprint density at radius 1 is 1.06 bits per heavy atom. The standard InChI is InChI=1S/C25H31ClN6OS/c1-31-10-12-32(13-11-31)20-9-8-18(14-21(20)33-2)29-25-28-15-19(26)23(30-25)22-16-27-24(34-22)17-6-4-3-5-7-17/h8-9,14-17H,3-7,10-13H2,1-2H3,(H,28,29,30). The summed E-state index contributed by atoms with van der Waals surface area (Å²) in [6.07, 6.45) is 9.93. The van der Waals surface area contributed by atoms with E-state index in [2.05, 4.69) is 33.2 Å². The molecule has 1 aliphatic heterocycles. The van der Waals surface area contributed by atoms with E-state index in [1.165, 1.54) is 37.1 Å². The Kier molecular flexibility index (Phi) is 7.18. The molecule has 1 aliphatic carbocycles. The summed E-state index contributed by atoms with van der Waals surface area (Å²) in [6.45, 7) is 4.07. The molecule has 2 fully saturated rings. The Labute approximate surface area is 210 Å². The Bertz CT molecular complexity index is 1120. The van der Waals surface area contributed by atoms with Crippen molar-refractivity contribution in [1.82, 2.24) is 19.9 Å². The summed E-state index contributed by atoms with van der Waals surface area (Å²) in [5.74, 6) is 1.90. The Morgan fingerprint density at radius 2 is 1.85 bits per heavy atom. The summed E-state index contributed by atoms with van der Waals surface area (Å²) in [6, 6.07) is 6.14. The van der Waals surface area contributed by atoms with E-state index >= 15 is 0 Å². The number of halogens is 1. The van der Waals surface area contributed by atoms with Gasteiger partial charge in [0.1, 0.15) is 11.4 Å². The van der Waals surface area contributed by atoms with E-state index in [9.17, 15) is 0 Å². The van der Waals surface area contributed by atoms with Crippen molar-refractivity contribution in [1.29, 1.82) is 0 Å². The van der Waals surface area contributed by atoms with Crippen LogP contribution in [0.4, 0.5) is 17.3 Å². The molecule has 1 N–H and O–H groups in total. The first-order valence-electron chi connectivity index (χ1n) is 12.0. The van der Waals surface area contributed by atoms with E-state index in [-0.39, 0.29) is 0 Å². The molecule has 1 saturated carbocycles. The predicted molar refractivity (Wildman–Crippen MR) is 140 cm³/mol. The number of nitrogens with one attached hydrogen (secondary N) is 1. The average molecular weight is 499 g/mol. The molecule has 3 heterocycles. The summed E-state index contributed by atoms with van der Waals surface area (Å²) in [5, 5.41) is 5.05. The molecule has 9 heteroatoms. The monoisotopic (exact) mass is 498 g/mol. The van der Waals surface area contributed by atoms with Crippen LogP contribution in [0.15, 0.2) is 30.6 Å². The lowest BCUT2D eigenvalue weighted by atomic mass is 9.90. The van der Waals surface area contributed by atoms with Crippen molar-refractivity contribution in [3.63, 3.8) is 0 Å². The van der Waals surface area contributed by atoms with E-state index in [4.69, 9.17) is 26.3 Å². The Hall–Kier alpha value is -2.42. The van der Waals surface area contributed by atoms with Crippen LogP contribution in [-0.2, 0) is 0 Å². The van der Waals surface area contributed by atoms with Gasteiger partial charge in [-0.25, -0.2) is 15.0 Å². The van der Waals surface area contributed by atoms with Gasteiger partial charge in [-0.15, -0.1) is 11.3 Å². The highest BCUT2D eigenvalue weighted by Gasteiger charge is 2.21. The number of piperazine rings is 1. The zero-order chi connectivity index (χ0) is 23.5. The Morgan fingerprint density at radius 3 is 2.62 bits per heavy atom. The van der Waals surface area contributed by atoms with Crippen LogP contribution in [0, 0.1) is 0 Å². The highest BCUT2D eigenvalue weighted by Crippen LogP contribution is 2.39. The fourth-order valence-corrected chi connectivity index (χ4v) is 6.07.